The van der Waals surface area contributed by atoms with E-state index in [2.05, 4.69) is 98.9 Å². The molecule has 1 aliphatic rings. The molecule has 1 fully saturated rings. The van der Waals surface area contributed by atoms with Crippen molar-refractivity contribution in [3.8, 4) is 5.75 Å². The Hall–Kier alpha value is -4.03. The van der Waals surface area contributed by atoms with E-state index in [1.807, 2.05) is 12.1 Å². The highest BCUT2D eigenvalue weighted by molar-refractivity contribution is 7.99. The van der Waals surface area contributed by atoms with Gasteiger partial charge in [0.2, 0.25) is 5.91 Å². The Bertz CT molecular complexity index is 1460. The van der Waals surface area contributed by atoms with Crippen LogP contribution < -0.4 is 10.1 Å². The van der Waals surface area contributed by atoms with Crippen LogP contribution in [0.1, 0.15) is 71.1 Å². The normalized spacial score (nSPS) is 16.7. The van der Waals surface area contributed by atoms with E-state index in [0.717, 1.165) is 12.0 Å². The van der Waals surface area contributed by atoms with Crippen LogP contribution in [-0.4, -0.2) is 42.2 Å². The molecule has 0 saturated carbocycles. The van der Waals surface area contributed by atoms with Crippen LogP contribution in [0.5, 0.6) is 5.75 Å². The fraction of sp³-hybridized carbons (Fsp3) is 0.297. The van der Waals surface area contributed by atoms with Crippen molar-refractivity contribution in [3.63, 3.8) is 0 Å². The number of benzene rings is 4. The van der Waals surface area contributed by atoms with E-state index in [9.17, 15) is 9.59 Å². The zero-order valence-corrected chi connectivity index (χ0v) is 26.1. The maximum Gasteiger partial charge on any atom is 0.255 e. The van der Waals surface area contributed by atoms with Crippen LogP contribution in [0.3, 0.4) is 0 Å². The number of methoxy groups -OCH3 is 1. The van der Waals surface area contributed by atoms with Gasteiger partial charge in [0.05, 0.1) is 7.11 Å². The molecule has 1 N–H and O–H groups in total. The topological polar surface area (TPSA) is 58.6 Å². The molecule has 0 aliphatic carbocycles. The molecule has 5 nitrogen and oxygen atoms in total. The summed E-state index contributed by atoms with van der Waals surface area (Å²) in [6.45, 7) is 7.06. The molecule has 5 rings (SSSR count). The SMILES string of the molecule is COc1ccc(C(=O)N2C(C(=O)NCCC(c3ccccc3)c3ccccc3)CSC2c2ccc(C(C)(C)C)cc2)cc1. The number of thioether (sulfide) groups is 1. The van der Waals surface area contributed by atoms with E-state index < -0.39 is 6.04 Å². The molecule has 43 heavy (non-hydrogen) atoms. The van der Waals surface area contributed by atoms with Crippen LogP contribution in [0, 0.1) is 0 Å². The van der Waals surface area contributed by atoms with Crippen LogP contribution in [0.25, 0.3) is 0 Å². The summed E-state index contributed by atoms with van der Waals surface area (Å²) in [6.07, 6.45) is 0.754. The van der Waals surface area contributed by atoms with Gasteiger partial charge in [-0.3, -0.25) is 9.59 Å². The number of rotatable bonds is 9. The molecule has 222 valence electrons. The highest BCUT2D eigenvalue weighted by Crippen LogP contribution is 2.43. The third-order valence-corrected chi connectivity index (χ3v) is 9.40. The monoisotopic (exact) mass is 592 g/mol. The molecule has 0 aromatic heterocycles. The minimum atomic E-state index is -0.584. The average molecular weight is 593 g/mol. The van der Waals surface area contributed by atoms with Crippen LogP contribution in [0.2, 0.25) is 0 Å². The molecule has 2 unspecified atom stereocenters. The standard InChI is InChI=1S/C37H40N2O3S/c1-37(2,3)30-19-15-29(16-20-30)36-39(35(41)28-17-21-31(42-4)22-18-28)33(25-43-36)34(40)38-24-23-32(26-11-7-5-8-12-26)27-13-9-6-10-14-27/h5-22,32-33,36H,23-25H2,1-4H3,(H,38,40). The summed E-state index contributed by atoms with van der Waals surface area (Å²) in [6, 6.07) is 35.8. The van der Waals surface area contributed by atoms with Gasteiger partial charge >= 0.3 is 0 Å². The lowest BCUT2D eigenvalue weighted by atomic mass is 9.86. The first-order valence-electron chi connectivity index (χ1n) is 14.8. The van der Waals surface area contributed by atoms with Gasteiger partial charge in [0.1, 0.15) is 17.2 Å². The number of ether oxygens (including phenoxy) is 1. The highest BCUT2D eigenvalue weighted by Gasteiger charge is 2.42. The predicted octanol–water partition coefficient (Wildman–Crippen LogP) is 7.59. The Kier molecular flexibility index (Phi) is 9.56. The second kappa shape index (κ2) is 13.5. The van der Waals surface area contributed by atoms with Crippen LogP contribution in [0.15, 0.2) is 109 Å². The fourth-order valence-electron chi connectivity index (χ4n) is 5.60. The van der Waals surface area contributed by atoms with Gasteiger partial charge in [-0.1, -0.05) is 106 Å². The van der Waals surface area contributed by atoms with Gasteiger partial charge in [-0.05, 0) is 58.4 Å². The number of carbonyl (C=O) groups is 2. The Morgan fingerprint density at radius 3 is 1.98 bits per heavy atom. The lowest BCUT2D eigenvalue weighted by Crippen LogP contribution is -2.48. The summed E-state index contributed by atoms with van der Waals surface area (Å²) in [7, 11) is 1.60. The van der Waals surface area contributed by atoms with Crippen molar-refractivity contribution in [2.24, 2.45) is 0 Å². The first-order chi connectivity index (χ1) is 20.8. The molecule has 2 atom stereocenters. The minimum absolute atomic E-state index is 0.0275. The molecule has 4 aromatic carbocycles. The molecule has 0 bridgehead atoms. The Morgan fingerprint density at radius 1 is 0.860 bits per heavy atom. The maximum atomic E-state index is 14.0. The van der Waals surface area contributed by atoms with Gasteiger partial charge in [-0.25, -0.2) is 0 Å². The van der Waals surface area contributed by atoms with Crippen LogP contribution in [-0.2, 0) is 10.2 Å². The van der Waals surface area contributed by atoms with Crippen molar-refractivity contribution in [2.45, 2.75) is 49.9 Å². The second-order valence-electron chi connectivity index (χ2n) is 12.0. The molecular weight excluding hydrogens is 552 g/mol. The van der Waals surface area contributed by atoms with E-state index in [0.29, 0.717) is 23.6 Å². The number of amides is 2. The number of carbonyl (C=O) groups excluding carboxylic acids is 2. The van der Waals surface area contributed by atoms with Gasteiger partial charge in [0.15, 0.2) is 0 Å². The molecule has 1 aliphatic heterocycles. The Labute approximate surface area is 259 Å². The van der Waals surface area contributed by atoms with E-state index in [1.165, 1.54) is 16.7 Å². The van der Waals surface area contributed by atoms with Crippen LogP contribution >= 0.6 is 11.8 Å². The quantitative estimate of drug-likeness (QED) is 0.218. The van der Waals surface area contributed by atoms with E-state index in [4.69, 9.17) is 4.74 Å². The largest absolute Gasteiger partial charge is 0.497 e. The van der Waals surface area contributed by atoms with Crippen molar-refractivity contribution in [1.82, 2.24) is 10.2 Å². The summed E-state index contributed by atoms with van der Waals surface area (Å²) in [5.41, 5.74) is 5.24. The Morgan fingerprint density at radius 2 is 1.44 bits per heavy atom. The lowest BCUT2D eigenvalue weighted by molar-refractivity contribution is -0.124. The van der Waals surface area contributed by atoms with Gasteiger partial charge < -0.3 is 15.0 Å². The zero-order valence-electron chi connectivity index (χ0n) is 25.3. The van der Waals surface area contributed by atoms with E-state index in [-0.39, 0.29) is 28.5 Å². The molecule has 1 heterocycles. The van der Waals surface area contributed by atoms with Crippen molar-refractivity contribution in [3.05, 3.63) is 137 Å². The van der Waals surface area contributed by atoms with E-state index in [1.54, 1.807) is 48.0 Å². The molecule has 1 saturated heterocycles. The van der Waals surface area contributed by atoms with Crippen molar-refractivity contribution < 1.29 is 14.3 Å². The summed E-state index contributed by atoms with van der Waals surface area (Å²) in [5, 5.41) is 2.92. The highest BCUT2D eigenvalue weighted by atomic mass is 32.2. The van der Waals surface area contributed by atoms with Gasteiger partial charge in [0.25, 0.3) is 5.91 Å². The van der Waals surface area contributed by atoms with Crippen LogP contribution in [0.4, 0.5) is 0 Å². The number of nitrogens with zero attached hydrogens (tertiary/aromatic N) is 1. The third kappa shape index (κ3) is 7.14. The van der Waals surface area contributed by atoms with Gasteiger partial charge in [-0.2, -0.15) is 0 Å². The maximum absolute atomic E-state index is 14.0. The van der Waals surface area contributed by atoms with Crippen molar-refractivity contribution in [1.29, 1.82) is 0 Å². The van der Waals surface area contributed by atoms with Crippen molar-refractivity contribution >= 4 is 23.6 Å². The molecule has 6 heteroatoms. The van der Waals surface area contributed by atoms with E-state index >= 15 is 0 Å². The zero-order chi connectivity index (χ0) is 30.4. The van der Waals surface area contributed by atoms with Crippen molar-refractivity contribution in [2.75, 3.05) is 19.4 Å². The first-order valence-corrected chi connectivity index (χ1v) is 15.9. The van der Waals surface area contributed by atoms with Gasteiger partial charge in [0, 0.05) is 23.8 Å². The summed E-state index contributed by atoms with van der Waals surface area (Å²) < 4.78 is 5.30. The smallest absolute Gasteiger partial charge is 0.255 e. The second-order valence-corrected chi connectivity index (χ2v) is 13.1. The third-order valence-electron chi connectivity index (χ3n) is 8.07. The first kappa shape index (κ1) is 30.4. The predicted molar refractivity (Wildman–Crippen MR) is 176 cm³/mol. The molecular formula is C37H40N2O3S. The summed E-state index contributed by atoms with van der Waals surface area (Å²) >= 11 is 1.64. The minimum Gasteiger partial charge on any atom is -0.497 e. The fourth-order valence-corrected chi connectivity index (χ4v) is 7.03. The summed E-state index contributed by atoms with van der Waals surface area (Å²) in [4.78, 5) is 29.5. The molecule has 0 radical (unpaired) electrons. The number of hydrogen-bond donors (Lipinski definition) is 1. The Balaban J connectivity index is 1.36. The number of hydrogen-bond acceptors (Lipinski definition) is 4. The lowest BCUT2D eigenvalue weighted by Gasteiger charge is -2.30. The summed E-state index contributed by atoms with van der Waals surface area (Å²) in [5.74, 6) is 1.08. The molecule has 2 amide bonds. The molecule has 0 spiro atoms. The number of nitrogens with one attached hydrogen (secondary N) is 1. The van der Waals surface area contributed by atoms with Gasteiger partial charge in [-0.15, -0.1) is 11.8 Å². The average Bonchev–Trinajstić information content (AvgIpc) is 3.49. The molecule has 4 aromatic rings.